The van der Waals surface area contributed by atoms with Gasteiger partial charge in [0.05, 0.1) is 4.92 Å². The number of halogens is 1. The van der Waals surface area contributed by atoms with E-state index in [1.54, 1.807) is 23.1 Å². The normalized spacial score (nSPS) is 14.6. The van der Waals surface area contributed by atoms with E-state index < -0.39 is 5.82 Å². The fourth-order valence-electron chi connectivity index (χ4n) is 4.03. The van der Waals surface area contributed by atoms with Gasteiger partial charge in [-0.15, -0.1) is 0 Å². The highest BCUT2D eigenvalue weighted by atomic mass is 19.1. The number of benzene rings is 3. The summed E-state index contributed by atoms with van der Waals surface area (Å²) in [5, 5.41) is 14.9. The van der Waals surface area contributed by atoms with Gasteiger partial charge in [0.1, 0.15) is 11.5 Å². The topological polar surface area (TPSA) is 78.7 Å². The molecule has 8 heteroatoms. The zero-order chi connectivity index (χ0) is 23.4. The number of amides is 1. The van der Waals surface area contributed by atoms with Crippen LogP contribution >= 0.6 is 0 Å². The lowest BCUT2D eigenvalue weighted by Crippen LogP contribution is -2.48. The van der Waals surface area contributed by atoms with Gasteiger partial charge in [-0.3, -0.25) is 14.9 Å². The average Bonchev–Trinajstić information content (AvgIpc) is 2.84. The third-order valence-electron chi connectivity index (χ3n) is 5.85. The van der Waals surface area contributed by atoms with Crippen LogP contribution in [0.4, 0.5) is 21.5 Å². The first-order chi connectivity index (χ1) is 15.9. The van der Waals surface area contributed by atoms with E-state index in [9.17, 15) is 19.3 Å². The molecule has 1 aliphatic heterocycles. The summed E-state index contributed by atoms with van der Waals surface area (Å²) in [6, 6.07) is 20.4. The van der Waals surface area contributed by atoms with Crippen LogP contribution < -0.4 is 10.2 Å². The number of nitrogens with zero attached hydrogens (tertiary/aromatic N) is 3. The number of carbonyl (C=O) groups is 1. The number of hydrogen-bond acceptors (Lipinski definition) is 5. The van der Waals surface area contributed by atoms with E-state index in [2.05, 4.69) is 10.2 Å². The van der Waals surface area contributed by atoms with Gasteiger partial charge in [0.2, 0.25) is 0 Å². The number of nitro benzene ring substituents is 1. The summed E-state index contributed by atoms with van der Waals surface area (Å²) >= 11 is 0. The molecule has 4 rings (SSSR count). The van der Waals surface area contributed by atoms with Gasteiger partial charge < -0.3 is 15.1 Å². The summed E-state index contributed by atoms with van der Waals surface area (Å²) in [7, 11) is 0. The number of carbonyl (C=O) groups excluding carboxylic acids is 1. The highest BCUT2D eigenvalue weighted by molar-refractivity contribution is 5.94. The average molecular weight is 448 g/mol. The van der Waals surface area contributed by atoms with Crippen LogP contribution in [0.25, 0.3) is 0 Å². The van der Waals surface area contributed by atoms with Crippen LogP contribution in [0.1, 0.15) is 28.9 Å². The van der Waals surface area contributed by atoms with Crippen molar-refractivity contribution in [3.05, 3.63) is 99.9 Å². The molecule has 1 atom stereocenters. The molecule has 0 aliphatic carbocycles. The third kappa shape index (κ3) is 5.11. The fraction of sp³-hybridized carbons (Fsp3) is 0.240. The molecule has 7 nitrogen and oxygen atoms in total. The summed E-state index contributed by atoms with van der Waals surface area (Å²) in [4.78, 5) is 27.7. The van der Waals surface area contributed by atoms with Crippen molar-refractivity contribution in [3.63, 3.8) is 0 Å². The molecule has 0 aromatic heterocycles. The highest BCUT2D eigenvalue weighted by Crippen LogP contribution is 2.33. The Hall–Kier alpha value is -3.94. The predicted molar refractivity (Wildman–Crippen MR) is 126 cm³/mol. The van der Waals surface area contributed by atoms with E-state index in [1.807, 2.05) is 37.3 Å². The van der Waals surface area contributed by atoms with Gasteiger partial charge in [-0.05, 0) is 42.8 Å². The van der Waals surface area contributed by atoms with Gasteiger partial charge in [-0.2, -0.15) is 0 Å². The van der Waals surface area contributed by atoms with Crippen molar-refractivity contribution in [2.24, 2.45) is 0 Å². The Bertz CT molecular complexity index is 1150. The van der Waals surface area contributed by atoms with Crippen LogP contribution in [-0.4, -0.2) is 41.9 Å². The van der Waals surface area contributed by atoms with E-state index in [1.165, 1.54) is 24.3 Å². The minimum Gasteiger partial charge on any atom is -0.373 e. The quantitative estimate of drug-likeness (QED) is 0.430. The molecule has 3 aromatic carbocycles. The maximum atomic E-state index is 13.5. The molecule has 0 saturated carbocycles. The Balaban J connectivity index is 1.47. The van der Waals surface area contributed by atoms with Crippen LogP contribution in [-0.2, 0) is 0 Å². The number of nitro groups is 1. The molecule has 1 amide bonds. The first kappa shape index (κ1) is 22.3. The predicted octanol–water partition coefficient (Wildman–Crippen LogP) is 4.87. The zero-order valence-electron chi connectivity index (χ0n) is 18.3. The lowest BCUT2D eigenvalue weighted by molar-refractivity contribution is -0.384. The van der Waals surface area contributed by atoms with Crippen LogP contribution in [0.2, 0.25) is 0 Å². The van der Waals surface area contributed by atoms with Gasteiger partial charge >= 0.3 is 0 Å². The number of piperazine rings is 1. The molecule has 0 radical (unpaired) electrons. The Morgan fingerprint density at radius 3 is 2.39 bits per heavy atom. The second kappa shape index (κ2) is 9.68. The molecule has 3 aromatic rings. The van der Waals surface area contributed by atoms with Gasteiger partial charge in [0, 0.05) is 49.5 Å². The zero-order valence-corrected chi connectivity index (χ0v) is 18.3. The Morgan fingerprint density at radius 2 is 1.73 bits per heavy atom. The van der Waals surface area contributed by atoms with Crippen LogP contribution in [0.5, 0.6) is 0 Å². The van der Waals surface area contributed by atoms with Crippen LogP contribution in [0, 0.1) is 15.9 Å². The molecule has 0 bridgehead atoms. The molecule has 1 aliphatic rings. The van der Waals surface area contributed by atoms with E-state index in [-0.39, 0.29) is 22.6 Å². The molecule has 0 unspecified atom stereocenters. The summed E-state index contributed by atoms with van der Waals surface area (Å²) in [6.07, 6.45) is 0. The van der Waals surface area contributed by atoms with Crippen molar-refractivity contribution in [3.8, 4) is 0 Å². The largest absolute Gasteiger partial charge is 0.373 e. The summed E-state index contributed by atoms with van der Waals surface area (Å²) in [6.45, 7) is 4.08. The summed E-state index contributed by atoms with van der Waals surface area (Å²) < 4.78 is 13.5. The number of nitrogens with one attached hydrogen (secondary N) is 1. The number of rotatable bonds is 6. The Kier molecular flexibility index (Phi) is 6.53. The lowest BCUT2D eigenvalue weighted by atomic mass is 10.1. The van der Waals surface area contributed by atoms with Crippen molar-refractivity contribution in [1.29, 1.82) is 0 Å². The second-order valence-electron chi connectivity index (χ2n) is 8.02. The van der Waals surface area contributed by atoms with Gasteiger partial charge in [-0.1, -0.05) is 36.4 Å². The van der Waals surface area contributed by atoms with E-state index >= 15 is 0 Å². The second-order valence-corrected chi connectivity index (χ2v) is 8.02. The van der Waals surface area contributed by atoms with Crippen LogP contribution in [0.15, 0.2) is 72.8 Å². The third-order valence-corrected chi connectivity index (χ3v) is 5.85. The maximum absolute atomic E-state index is 13.5. The van der Waals surface area contributed by atoms with Crippen molar-refractivity contribution in [1.82, 2.24) is 4.90 Å². The lowest BCUT2D eigenvalue weighted by Gasteiger charge is -2.36. The minimum atomic E-state index is -0.435. The molecule has 1 fully saturated rings. The Labute approximate surface area is 191 Å². The van der Waals surface area contributed by atoms with E-state index in [0.717, 1.165) is 11.3 Å². The molecule has 1 heterocycles. The smallest absolute Gasteiger partial charge is 0.292 e. The van der Waals surface area contributed by atoms with Crippen molar-refractivity contribution < 1.29 is 14.1 Å². The molecular formula is C25H25FN4O3. The standard InChI is InChI=1S/C25H25FN4O3/c1-18(19-6-3-2-4-7-19)27-23-17-22(10-11-24(23)30(32)33)28-12-14-29(15-13-28)25(31)20-8-5-9-21(26)16-20/h2-11,16-18,27H,12-15H2,1H3/t18-/m0/s1. The van der Waals surface area contributed by atoms with Gasteiger partial charge in [0.15, 0.2) is 0 Å². The maximum Gasteiger partial charge on any atom is 0.292 e. The fourth-order valence-corrected chi connectivity index (χ4v) is 4.03. The highest BCUT2D eigenvalue weighted by Gasteiger charge is 2.24. The summed E-state index contributed by atoms with van der Waals surface area (Å²) in [5.41, 5.74) is 2.68. The SMILES string of the molecule is C[C@H](Nc1cc(N2CCN(C(=O)c3cccc(F)c3)CC2)ccc1[N+](=O)[O-])c1ccccc1. The van der Waals surface area contributed by atoms with E-state index in [4.69, 9.17) is 0 Å². The van der Waals surface area contributed by atoms with Crippen molar-refractivity contribution in [2.45, 2.75) is 13.0 Å². The van der Waals surface area contributed by atoms with Crippen LogP contribution in [0.3, 0.4) is 0 Å². The molecule has 170 valence electrons. The number of hydrogen-bond donors (Lipinski definition) is 1. The van der Waals surface area contributed by atoms with Gasteiger partial charge in [-0.25, -0.2) is 4.39 Å². The molecule has 0 spiro atoms. The van der Waals surface area contributed by atoms with Crippen molar-refractivity contribution in [2.75, 3.05) is 36.4 Å². The molecular weight excluding hydrogens is 423 g/mol. The first-order valence-corrected chi connectivity index (χ1v) is 10.8. The minimum absolute atomic E-state index is 0.0152. The number of anilines is 2. The monoisotopic (exact) mass is 448 g/mol. The van der Waals surface area contributed by atoms with E-state index in [0.29, 0.717) is 37.4 Å². The Morgan fingerprint density at radius 1 is 1.00 bits per heavy atom. The molecule has 1 N–H and O–H groups in total. The van der Waals surface area contributed by atoms with Crippen molar-refractivity contribution >= 4 is 23.0 Å². The molecule has 33 heavy (non-hydrogen) atoms. The first-order valence-electron chi connectivity index (χ1n) is 10.8. The van der Waals surface area contributed by atoms with Gasteiger partial charge in [0.25, 0.3) is 11.6 Å². The summed E-state index contributed by atoms with van der Waals surface area (Å²) in [5.74, 6) is -0.632. The molecule has 1 saturated heterocycles.